The molecule has 2 aromatic rings. The molecule has 7 heteroatoms. The smallest absolute Gasteiger partial charge is 0.252 e. The number of nitrogens with two attached hydrogens (primary N) is 1. The lowest BCUT2D eigenvalue weighted by Crippen LogP contribution is -2.05. The SMILES string of the molecule is Cc1cc(C#N)nc(-n2cc(Br)c(N)n2)n1. The molecule has 0 aliphatic carbocycles. The highest BCUT2D eigenvalue weighted by atomic mass is 79.9. The first kappa shape index (κ1) is 10.6. The summed E-state index contributed by atoms with van der Waals surface area (Å²) in [5.74, 6) is 0.678. The van der Waals surface area contributed by atoms with Crippen LogP contribution < -0.4 is 5.73 Å². The second kappa shape index (κ2) is 3.90. The molecule has 0 amide bonds. The maximum Gasteiger partial charge on any atom is 0.252 e. The van der Waals surface area contributed by atoms with E-state index in [1.54, 1.807) is 19.2 Å². The molecule has 0 aliphatic rings. The van der Waals surface area contributed by atoms with Gasteiger partial charge in [0.15, 0.2) is 5.82 Å². The Kier molecular flexibility index (Phi) is 2.58. The summed E-state index contributed by atoms with van der Waals surface area (Å²) in [5.41, 5.74) is 6.59. The van der Waals surface area contributed by atoms with E-state index in [-0.39, 0.29) is 0 Å². The molecule has 0 bridgehead atoms. The van der Waals surface area contributed by atoms with Crippen molar-refractivity contribution in [1.82, 2.24) is 19.7 Å². The van der Waals surface area contributed by atoms with Gasteiger partial charge in [0.1, 0.15) is 11.8 Å². The number of rotatable bonds is 1. The highest BCUT2D eigenvalue weighted by Gasteiger charge is 2.08. The molecule has 0 fully saturated rings. The van der Waals surface area contributed by atoms with E-state index in [0.717, 1.165) is 0 Å². The van der Waals surface area contributed by atoms with Gasteiger partial charge in [-0.2, -0.15) is 5.26 Å². The van der Waals surface area contributed by atoms with Crippen LogP contribution in [0, 0.1) is 18.3 Å². The summed E-state index contributed by atoms with van der Waals surface area (Å²) in [6, 6.07) is 3.57. The molecule has 0 unspecified atom stereocenters. The molecule has 0 radical (unpaired) electrons. The Morgan fingerprint density at radius 2 is 2.25 bits per heavy atom. The molecule has 0 saturated carbocycles. The van der Waals surface area contributed by atoms with Crippen molar-refractivity contribution in [2.75, 3.05) is 5.73 Å². The number of hydrogen-bond donors (Lipinski definition) is 1. The summed E-state index contributed by atoms with van der Waals surface area (Å²) >= 11 is 3.24. The van der Waals surface area contributed by atoms with Crippen molar-refractivity contribution in [3.05, 3.63) is 28.1 Å². The maximum atomic E-state index is 8.79. The Balaban J connectivity index is 2.56. The average molecular weight is 279 g/mol. The number of hydrogen-bond acceptors (Lipinski definition) is 5. The zero-order valence-corrected chi connectivity index (χ0v) is 9.93. The van der Waals surface area contributed by atoms with Crippen LogP contribution in [-0.4, -0.2) is 19.7 Å². The van der Waals surface area contributed by atoms with Gasteiger partial charge in [0.05, 0.1) is 10.7 Å². The van der Waals surface area contributed by atoms with Gasteiger partial charge in [0.2, 0.25) is 0 Å². The molecule has 0 spiro atoms. The Morgan fingerprint density at radius 3 is 2.81 bits per heavy atom. The standard InChI is InChI=1S/C9H7BrN6/c1-5-2-6(3-11)14-9(13-5)16-4-7(10)8(12)15-16/h2,4H,1H3,(H2,12,15). The molecule has 2 aromatic heterocycles. The van der Waals surface area contributed by atoms with Crippen LogP contribution in [-0.2, 0) is 0 Å². The van der Waals surface area contributed by atoms with Crippen molar-refractivity contribution in [1.29, 1.82) is 5.26 Å². The minimum Gasteiger partial charge on any atom is -0.381 e. The van der Waals surface area contributed by atoms with Crippen molar-refractivity contribution in [3.8, 4) is 12.0 Å². The number of nitrogen functional groups attached to an aromatic ring is 1. The molecule has 0 saturated heterocycles. The molecule has 0 atom stereocenters. The monoisotopic (exact) mass is 278 g/mol. The topological polar surface area (TPSA) is 93.4 Å². The number of nitriles is 1. The number of nitrogens with zero attached hydrogens (tertiary/aromatic N) is 5. The number of anilines is 1. The van der Waals surface area contributed by atoms with Crippen molar-refractivity contribution in [2.45, 2.75) is 6.92 Å². The maximum absolute atomic E-state index is 8.79. The molecule has 2 N–H and O–H groups in total. The van der Waals surface area contributed by atoms with Crippen LogP contribution in [0.15, 0.2) is 16.7 Å². The van der Waals surface area contributed by atoms with E-state index in [0.29, 0.717) is 27.6 Å². The molecule has 16 heavy (non-hydrogen) atoms. The van der Waals surface area contributed by atoms with Crippen molar-refractivity contribution in [2.24, 2.45) is 0 Å². The quantitative estimate of drug-likeness (QED) is 0.846. The fraction of sp³-hybridized carbons (Fsp3) is 0.111. The van der Waals surface area contributed by atoms with Crippen LogP contribution in [0.4, 0.5) is 5.82 Å². The van der Waals surface area contributed by atoms with Crippen molar-refractivity contribution < 1.29 is 0 Å². The molecule has 2 rings (SSSR count). The van der Waals surface area contributed by atoms with Crippen LogP contribution in [0.5, 0.6) is 0 Å². The predicted molar refractivity (Wildman–Crippen MR) is 60.7 cm³/mol. The Labute approximate surface area is 99.9 Å². The second-order valence-electron chi connectivity index (χ2n) is 3.11. The van der Waals surface area contributed by atoms with Gasteiger partial charge in [-0.3, -0.25) is 0 Å². The average Bonchev–Trinajstić information content (AvgIpc) is 2.58. The zero-order chi connectivity index (χ0) is 11.7. The number of halogens is 1. The summed E-state index contributed by atoms with van der Waals surface area (Å²) < 4.78 is 2.09. The van der Waals surface area contributed by atoms with Gasteiger partial charge < -0.3 is 5.73 Å². The molecule has 2 heterocycles. The summed E-state index contributed by atoms with van der Waals surface area (Å²) in [7, 11) is 0. The van der Waals surface area contributed by atoms with Gasteiger partial charge in [-0.15, -0.1) is 5.10 Å². The lowest BCUT2D eigenvalue weighted by molar-refractivity contribution is 0.801. The van der Waals surface area contributed by atoms with Crippen LogP contribution in [0.25, 0.3) is 5.95 Å². The van der Waals surface area contributed by atoms with E-state index in [4.69, 9.17) is 11.0 Å². The fourth-order valence-corrected chi connectivity index (χ4v) is 1.45. The Hall–Kier alpha value is -1.94. The molecular weight excluding hydrogens is 272 g/mol. The highest BCUT2D eigenvalue weighted by molar-refractivity contribution is 9.10. The first-order valence-corrected chi connectivity index (χ1v) is 5.16. The van der Waals surface area contributed by atoms with Crippen molar-refractivity contribution >= 4 is 21.7 Å². The van der Waals surface area contributed by atoms with Gasteiger partial charge in [0.25, 0.3) is 5.95 Å². The lowest BCUT2D eigenvalue weighted by atomic mass is 10.3. The van der Waals surface area contributed by atoms with E-state index in [1.807, 2.05) is 6.07 Å². The third-order valence-corrected chi connectivity index (χ3v) is 2.47. The third kappa shape index (κ3) is 1.87. The minimum atomic E-state index is 0.299. The van der Waals surface area contributed by atoms with Gasteiger partial charge >= 0.3 is 0 Å². The lowest BCUT2D eigenvalue weighted by Gasteiger charge is -2.00. The first-order valence-electron chi connectivity index (χ1n) is 4.37. The fourth-order valence-electron chi connectivity index (χ4n) is 1.18. The van der Waals surface area contributed by atoms with Gasteiger partial charge in [-0.25, -0.2) is 14.6 Å². The van der Waals surface area contributed by atoms with Crippen LogP contribution in [0.2, 0.25) is 0 Å². The summed E-state index contributed by atoms with van der Waals surface area (Å²) in [4.78, 5) is 8.20. The second-order valence-corrected chi connectivity index (χ2v) is 3.97. The predicted octanol–water partition coefficient (Wildman–Crippen LogP) is 1.19. The van der Waals surface area contributed by atoms with E-state index in [9.17, 15) is 0 Å². The third-order valence-electron chi connectivity index (χ3n) is 1.86. The summed E-state index contributed by atoms with van der Waals surface area (Å²) in [6.45, 7) is 1.79. The van der Waals surface area contributed by atoms with E-state index < -0.39 is 0 Å². The first-order chi connectivity index (χ1) is 7.60. The molecular formula is C9H7BrN6. The van der Waals surface area contributed by atoms with Gasteiger partial charge in [-0.05, 0) is 28.9 Å². The summed E-state index contributed by atoms with van der Waals surface area (Å²) in [6.07, 6.45) is 1.64. The van der Waals surface area contributed by atoms with Crippen molar-refractivity contribution in [3.63, 3.8) is 0 Å². The van der Waals surface area contributed by atoms with Crippen LogP contribution in [0.1, 0.15) is 11.4 Å². The van der Waals surface area contributed by atoms with Gasteiger partial charge in [-0.1, -0.05) is 0 Å². The Morgan fingerprint density at radius 1 is 1.50 bits per heavy atom. The summed E-state index contributed by atoms with van der Waals surface area (Å²) in [5, 5.41) is 12.8. The van der Waals surface area contributed by atoms with Gasteiger partial charge in [0, 0.05) is 5.69 Å². The minimum absolute atomic E-state index is 0.299. The molecule has 0 aliphatic heterocycles. The molecule has 0 aromatic carbocycles. The molecule has 80 valence electrons. The number of aromatic nitrogens is 4. The largest absolute Gasteiger partial charge is 0.381 e. The van der Waals surface area contributed by atoms with E-state index >= 15 is 0 Å². The highest BCUT2D eigenvalue weighted by Crippen LogP contribution is 2.18. The zero-order valence-electron chi connectivity index (χ0n) is 8.35. The van der Waals surface area contributed by atoms with Crippen LogP contribution >= 0.6 is 15.9 Å². The number of aryl methyl sites for hydroxylation is 1. The molecule has 6 nitrogen and oxygen atoms in total. The van der Waals surface area contributed by atoms with Crippen LogP contribution in [0.3, 0.4) is 0 Å². The van der Waals surface area contributed by atoms with E-state index in [1.165, 1.54) is 4.68 Å². The normalized spacial score (nSPS) is 10.1. The van der Waals surface area contributed by atoms with E-state index in [2.05, 4.69) is 31.0 Å². The Bertz CT molecular complexity index is 563.